The van der Waals surface area contributed by atoms with E-state index in [1.807, 2.05) is 19.1 Å². The van der Waals surface area contributed by atoms with Crippen LogP contribution >= 0.6 is 11.6 Å². The van der Waals surface area contributed by atoms with Crippen LogP contribution in [0.25, 0.3) is 17.1 Å². The second-order valence-electron chi connectivity index (χ2n) is 4.58. The maximum Gasteiger partial charge on any atom is 0.187 e. The van der Waals surface area contributed by atoms with Gasteiger partial charge in [-0.15, -0.1) is 5.10 Å². The molecule has 0 atom stereocenters. The van der Waals surface area contributed by atoms with E-state index >= 15 is 0 Å². The lowest BCUT2D eigenvalue weighted by Gasteiger charge is -2.07. The molecule has 0 spiro atoms. The van der Waals surface area contributed by atoms with Crippen LogP contribution in [0.15, 0.2) is 36.4 Å². The van der Waals surface area contributed by atoms with Crippen LogP contribution in [0.5, 0.6) is 0 Å². The van der Waals surface area contributed by atoms with Crippen molar-refractivity contribution < 1.29 is 4.39 Å². The highest BCUT2D eigenvalue weighted by atomic mass is 35.5. The van der Waals surface area contributed by atoms with E-state index in [2.05, 4.69) is 15.5 Å². The number of halogens is 2. The largest absolute Gasteiger partial charge is 0.398 e. The number of rotatable bonds is 2. The second kappa shape index (κ2) is 5.14. The van der Waals surface area contributed by atoms with Crippen LogP contribution in [-0.2, 0) is 0 Å². The predicted molar refractivity (Wildman–Crippen MR) is 78.7 cm³/mol. The Bertz CT molecular complexity index is 815. The number of anilines is 1. The van der Waals surface area contributed by atoms with Gasteiger partial charge in [0.25, 0.3) is 0 Å². The Balaban J connectivity index is 2.17. The van der Waals surface area contributed by atoms with Crippen LogP contribution in [0, 0.1) is 12.7 Å². The van der Waals surface area contributed by atoms with Gasteiger partial charge in [0.15, 0.2) is 5.82 Å². The first-order valence-corrected chi connectivity index (χ1v) is 6.54. The molecule has 7 heteroatoms. The second-order valence-corrected chi connectivity index (χ2v) is 5.02. The summed E-state index contributed by atoms with van der Waals surface area (Å²) in [5, 5.41) is 11.8. The summed E-state index contributed by atoms with van der Waals surface area (Å²) in [6.07, 6.45) is 0. The average molecular weight is 304 g/mol. The van der Waals surface area contributed by atoms with Crippen molar-refractivity contribution in [2.75, 3.05) is 5.73 Å². The number of aryl methyl sites for hydroxylation is 1. The minimum absolute atomic E-state index is 0.182. The van der Waals surface area contributed by atoms with Crippen molar-refractivity contribution in [3.63, 3.8) is 0 Å². The molecule has 2 aromatic carbocycles. The van der Waals surface area contributed by atoms with E-state index < -0.39 is 5.82 Å². The molecule has 0 aliphatic rings. The quantitative estimate of drug-likeness (QED) is 0.739. The van der Waals surface area contributed by atoms with Crippen molar-refractivity contribution in [3.8, 4) is 17.1 Å². The predicted octanol–water partition coefficient (Wildman–Crippen LogP) is 3.01. The maximum absolute atomic E-state index is 14.0. The van der Waals surface area contributed by atoms with Gasteiger partial charge in [-0.3, -0.25) is 0 Å². The van der Waals surface area contributed by atoms with Gasteiger partial charge in [0.05, 0.1) is 0 Å². The molecule has 21 heavy (non-hydrogen) atoms. The van der Waals surface area contributed by atoms with E-state index in [0.717, 1.165) is 5.56 Å². The molecule has 0 aliphatic heterocycles. The summed E-state index contributed by atoms with van der Waals surface area (Å²) in [5.74, 6) is -0.0732. The lowest BCUT2D eigenvalue weighted by molar-refractivity contribution is 0.608. The molecule has 0 aliphatic carbocycles. The Labute approximate surface area is 125 Å². The molecule has 5 nitrogen and oxygen atoms in total. The van der Waals surface area contributed by atoms with Crippen molar-refractivity contribution in [2.24, 2.45) is 0 Å². The number of nitrogens with two attached hydrogens (primary N) is 1. The van der Waals surface area contributed by atoms with Crippen LogP contribution < -0.4 is 5.73 Å². The Morgan fingerprint density at radius 2 is 2.00 bits per heavy atom. The number of nitrogens with zero attached hydrogens (tertiary/aromatic N) is 4. The summed E-state index contributed by atoms with van der Waals surface area (Å²) >= 11 is 5.91. The van der Waals surface area contributed by atoms with Crippen LogP contribution in [-0.4, -0.2) is 20.2 Å². The van der Waals surface area contributed by atoms with E-state index in [1.54, 1.807) is 6.07 Å². The van der Waals surface area contributed by atoms with Gasteiger partial charge in [0.2, 0.25) is 0 Å². The van der Waals surface area contributed by atoms with Gasteiger partial charge >= 0.3 is 0 Å². The fraction of sp³-hybridized carbons (Fsp3) is 0.0714. The summed E-state index contributed by atoms with van der Waals surface area (Å²) in [4.78, 5) is 0. The minimum atomic E-state index is -0.465. The average Bonchev–Trinajstić information content (AvgIpc) is 2.93. The highest BCUT2D eigenvalue weighted by molar-refractivity contribution is 6.30. The van der Waals surface area contributed by atoms with Gasteiger partial charge in [-0.2, -0.15) is 4.68 Å². The fourth-order valence-electron chi connectivity index (χ4n) is 1.96. The van der Waals surface area contributed by atoms with Gasteiger partial charge in [-0.05, 0) is 47.2 Å². The van der Waals surface area contributed by atoms with E-state index in [4.69, 9.17) is 17.3 Å². The van der Waals surface area contributed by atoms with E-state index in [1.165, 1.54) is 22.9 Å². The highest BCUT2D eigenvalue weighted by Crippen LogP contribution is 2.25. The van der Waals surface area contributed by atoms with Crippen molar-refractivity contribution >= 4 is 17.3 Å². The third-order valence-electron chi connectivity index (χ3n) is 3.14. The molecule has 3 rings (SSSR count). The number of hydrogen-bond acceptors (Lipinski definition) is 4. The molecule has 0 radical (unpaired) electrons. The maximum atomic E-state index is 14.0. The van der Waals surface area contributed by atoms with Gasteiger partial charge < -0.3 is 5.73 Å². The first kappa shape index (κ1) is 13.5. The number of nitrogen functional groups attached to an aromatic ring is 1. The van der Waals surface area contributed by atoms with Gasteiger partial charge in [0.1, 0.15) is 11.5 Å². The van der Waals surface area contributed by atoms with Crippen molar-refractivity contribution in [1.29, 1.82) is 0 Å². The molecule has 0 bridgehead atoms. The summed E-state index contributed by atoms with van der Waals surface area (Å²) in [6.45, 7) is 1.90. The highest BCUT2D eigenvalue weighted by Gasteiger charge is 2.15. The fourth-order valence-corrected chi connectivity index (χ4v) is 2.12. The first-order chi connectivity index (χ1) is 10.1. The van der Waals surface area contributed by atoms with Crippen molar-refractivity contribution in [3.05, 3.63) is 52.8 Å². The van der Waals surface area contributed by atoms with E-state index in [0.29, 0.717) is 22.1 Å². The molecular formula is C14H11ClFN5. The van der Waals surface area contributed by atoms with Crippen LogP contribution in [0.2, 0.25) is 5.02 Å². The van der Waals surface area contributed by atoms with Crippen molar-refractivity contribution in [2.45, 2.75) is 6.92 Å². The zero-order chi connectivity index (χ0) is 15.0. The number of hydrogen-bond donors (Lipinski definition) is 1. The van der Waals surface area contributed by atoms with Crippen LogP contribution in [0.4, 0.5) is 10.1 Å². The Morgan fingerprint density at radius 3 is 2.76 bits per heavy atom. The molecule has 1 heterocycles. The normalized spacial score (nSPS) is 10.8. The standard InChI is InChI=1S/C14H11ClFN5/c1-8-2-3-9(6-12(8)17)14-18-19-20-21(14)13-7-10(15)4-5-11(13)16/h2-7H,17H2,1H3. The smallest absolute Gasteiger partial charge is 0.187 e. The molecule has 106 valence electrons. The molecule has 3 aromatic rings. The Hall–Kier alpha value is -2.47. The topological polar surface area (TPSA) is 69.6 Å². The minimum Gasteiger partial charge on any atom is -0.398 e. The van der Waals surface area contributed by atoms with E-state index in [-0.39, 0.29) is 5.69 Å². The summed E-state index contributed by atoms with van der Waals surface area (Å²) in [5.41, 5.74) is 8.35. The zero-order valence-corrected chi connectivity index (χ0v) is 11.8. The third-order valence-corrected chi connectivity index (χ3v) is 3.38. The van der Waals surface area contributed by atoms with Gasteiger partial charge in [-0.25, -0.2) is 4.39 Å². The SMILES string of the molecule is Cc1ccc(-c2nnnn2-c2cc(Cl)ccc2F)cc1N. The van der Waals surface area contributed by atoms with Crippen LogP contribution in [0.3, 0.4) is 0 Å². The summed E-state index contributed by atoms with van der Waals surface area (Å²) in [7, 11) is 0. The molecule has 2 N–H and O–H groups in total. The van der Waals surface area contributed by atoms with Crippen molar-refractivity contribution in [1.82, 2.24) is 20.2 Å². The lowest BCUT2D eigenvalue weighted by Crippen LogP contribution is -2.03. The summed E-state index contributed by atoms with van der Waals surface area (Å²) in [6, 6.07) is 9.64. The van der Waals surface area contributed by atoms with Crippen LogP contribution in [0.1, 0.15) is 5.56 Å². The molecule has 0 unspecified atom stereocenters. The first-order valence-electron chi connectivity index (χ1n) is 6.16. The monoisotopic (exact) mass is 303 g/mol. The lowest BCUT2D eigenvalue weighted by atomic mass is 10.1. The molecule has 0 amide bonds. The van der Waals surface area contributed by atoms with Gasteiger partial charge in [-0.1, -0.05) is 23.7 Å². The number of benzene rings is 2. The molecular weight excluding hydrogens is 293 g/mol. The third kappa shape index (κ3) is 2.45. The zero-order valence-electron chi connectivity index (χ0n) is 11.1. The summed E-state index contributed by atoms with van der Waals surface area (Å²) < 4.78 is 15.3. The molecule has 1 aromatic heterocycles. The molecule has 0 saturated heterocycles. The van der Waals surface area contributed by atoms with E-state index in [9.17, 15) is 4.39 Å². The number of aromatic nitrogens is 4. The Morgan fingerprint density at radius 1 is 1.19 bits per heavy atom. The molecule has 0 fully saturated rings. The Kier molecular flexibility index (Phi) is 3.31. The van der Waals surface area contributed by atoms with Gasteiger partial charge in [0, 0.05) is 16.3 Å². The molecule has 0 saturated carbocycles. The number of tetrazole rings is 1.